The van der Waals surface area contributed by atoms with E-state index in [4.69, 9.17) is 5.73 Å². The molecule has 0 aromatic carbocycles. The number of Topliss-reactive ketones (excluding diaryl/α,β-unsaturated/α-hetero) is 1. The van der Waals surface area contributed by atoms with E-state index >= 15 is 0 Å². The minimum Gasteiger partial charge on any atom is -0.355 e. The van der Waals surface area contributed by atoms with Crippen LogP contribution in [0.1, 0.15) is 39.0 Å². The Morgan fingerprint density at radius 2 is 1.68 bits per heavy atom. The normalized spacial score (nSPS) is 23.1. The van der Waals surface area contributed by atoms with E-state index in [-0.39, 0.29) is 17.7 Å². The van der Waals surface area contributed by atoms with E-state index in [2.05, 4.69) is 10.6 Å². The molecule has 0 aliphatic heterocycles. The summed E-state index contributed by atoms with van der Waals surface area (Å²) >= 11 is 0. The molecule has 0 aromatic heterocycles. The van der Waals surface area contributed by atoms with Crippen molar-refractivity contribution in [3.8, 4) is 0 Å². The lowest BCUT2D eigenvalue weighted by atomic mass is 9.79. The number of hydrogen-bond donors (Lipinski definition) is 3. The molecule has 0 heterocycles. The molecule has 1 aliphatic rings. The summed E-state index contributed by atoms with van der Waals surface area (Å²) in [5.41, 5.74) is 5.36. The largest absolute Gasteiger partial charge is 0.355 e. The molecule has 1 aliphatic carbocycles. The van der Waals surface area contributed by atoms with E-state index in [1.54, 1.807) is 0 Å². The van der Waals surface area contributed by atoms with Gasteiger partial charge in [0.15, 0.2) is 0 Å². The smallest absolute Gasteiger partial charge is 0.223 e. The van der Waals surface area contributed by atoms with Gasteiger partial charge < -0.3 is 16.4 Å². The summed E-state index contributed by atoms with van der Waals surface area (Å²) in [5, 5.41) is 6.08. The second-order valence-electron chi connectivity index (χ2n) is 5.20. The molecule has 0 bridgehead atoms. The maximum atomic E-state index is 11.9. The molecule has 1 rings (SSSR count). The molecular weight excluding hydrogens is 242 g/mol. The molecule has 5 heteroatoms. The number of ketones is 1. The van der Waals surface area contributed by atoms with Crippen LogP contribution in [-0.4, -0.2) is 37.9 Å². The van der Waals surface area contributed by atoms with E-state index < -0.39 is 0 Å². The number of rotatable bonds is 8. The summed E-state index contributed by atoms with van der Waals surface area (Å²) in [4.78, 5) is 23.5. The van der Waals surface area contributed by atoms with E-state index in [1.165, 1.54) is 0 Å². The third-order valence-electron chi connectivity index (χ3n) is 3.82. The van der Waals surface area contributed by atoms with Gasteiger partial charge in [0.2, 0.25) is 5.91 Å². The van der Waals surface area contributed by atoms with Crippen molar-refractivity contribution in [1.29, 1.82) is 0 Å². The predicted molar refractivity (Wildman–Crippen MR) is 75.7 cm³/mol. The topological polar surface area (TPSA) is 84.2 Å². The first kappa shape index (κ1) is 16.1. The first-order valence-corrected chi connectivity index (χ1v) is 7.40. The van der Waals surface area contributed by atoms with Gasteiger partial charge in [-0.15, -0.1) is 0 Å². The van der Waals surface area contributed by atoms with E-state index in [1.807, 2.05) is 6.92 Å². The quantitative estimate of drug-likeness (QED) is 0.558. The van der Waals surface area contributed by atoms with Gasteiger partial charge in [0.1, 0.15) is 5.78 Å². The molecule has 1 saturated carbocycles. The summed E-state index contributed by atoms with van der Waals surface area (Å²) in [5.74, 6) is 0.775. The number of carbonyl (C=O) groups excluding carboxylic acids is 2. The highest BCUT2D eigenvalue weighted by Crippen LogP contribution is 2.29. The van der Waals surface area contributed by atoms with Gasteiger partial charge in [-0.1, -0.05) is 6.92 Å². The van der Waals surface area contributed by atoms with Crippen LogP contribution in [0.5, 0.6) is 0 Å². The zero-order valence-corrected chi connectivity index (χ0v) is 11.9. The third-order valence-corrected chi connectivity index (χ3v) is 3.82. The molecule has 5 nitrogen and oxygen atoms in total. The molecule has 0 unspecified atom stereocenters. The van der Waals surface area contributed by atoms with Crippen LogP contribution >= 0.6 is 0 Å². The van der Waals surface area contributed by atoms with Crippen LogP contribution < -0.4 is 16.4 Å². The number of nitrogens with two attached hydrogens (primary N) is 1. The summed E-state index contributed by atoms with van der Waals surface area (Å²) in [6.07, 6.45) is 4.05. The van der Waals surface area contributed by atoms with Crippen LogP contribution in [0.15, 0.2) is 0 Å². The fourth-order valence-corrected chi connectivity index (χ4v) is 2.61. The Kier molecular flexibility index (Phi) is 7.67. The average molecular weight is 269 g/mol. The Balaban J connectivity index is 2.16. The average Bonchev–Trinajstić information content (AvgIpc) is 2.46. The summed E-state index contributed by atoms with van der Waals surface area (Å²) in [6.45, 7) is 4.71. The SMILES string of the molecule is CCC(=O)[C@H]1CC[C@H](C(=O)NCCNCCN)CC1. The Morgan fingerprint density at radius 3 is 2.26 bits per heavy atom. The zero-order valence-electron chi connectivity index (χ0n) is 11.9. The summed E-state index contributed by atoms with van der Waals surface area (Å²) in [7, 11) is 0. The van der Waals surface area contributed by atoms with Crippen LogP contribution in [-0.2, 0) is 9.59 Å². The molecular formula is C14H27N3O2. The van der Waals surface area contributed by atoms with Crippen molar-refractivity contribution in [2.75, 3.05) is 26.2 Å². The van der Waals surface area contributed by atoms with Crippen LogP contribution in [0.4, 0.5) is 0 Å². The summed E-state index contributed by atoms with van der Waals surface area (Å²) < 4.78 is 0. The Labute approximate surface area is 115 Å². The lowest BCUT2D eigenvalue weighted by Gasteiger charge is -2.26. The zero-order chi connectivity index (χ0) is 14.1. The van der Waals surface area contributed by atoms with Gasteiger partial charge in [0.25, 0.3) is 0 Å². The molecule has 1 amide bonds. The first-order chi connectivity index (χ1) is 9.19. The van der Waals surface area contributed by atoms with Gasteiger partial charge in [0.05, 0.1) is 0 Å². The van der Waals surface area contributed by atoms with Crippen molar-refractivity contribution in [2.45, 2.75) is 39.0 Å². The molecule has 0 aromatic rings. The lowest BCUT2D eigenvalue weighted by Crippen LogP contribution is -2.38. The van der Waals surface area contributed by atoms with Crippen LogP contribution in [0, 0.1) is 11.8 Å². The molecule has 0 atom stereocenters. The number of hydrogen-bond acceptors (Lipinski definition) is 4. The minimum atomic E-state index is 0.0930. The van der Waals surface area contributed by atoms with Crippen LogP contribution in [0.25, 0.3) is 0 Å². The van der Waals surface area contributed by atoms with Crippen molar-refractivity contribution < 1.29 is 9.59 Å². The summed E-state index contributed by atoms with van der Waals surface area (Å²) in [6, 6.07) is 0. The van der Waals surface area contributed by atoms with Crippen LogP contribution in [0.2, 0.25) is 0 Å². The van der Waals surface area contributed by atoms with Gasteiger partial charge >= 0.3 is 0 Å². The van der Waals surface area contributed by atoms with Gasteiger partial charge in [0, 0.05) is 44.4 Å². The second-order valence-corrected chi connectivity index (χ2v) is 5.20. The van der Waals surface area contributed by atoms with Crippen molar-refractivity contribution in [3.63, 3.8) is 0 Å². The molecule has 19 heavy (non-hydrogen) atoms. The van der Waals surface area contributed by atoms with Gasteiger partial charge in [-0.25, -0.2) is 0 Å². The van der Waals surface area contributed by atoms with Gasteiger partial charge in [-0.05, 0) is 25.7 Å². The van der Waals surface area contributed by atoms with E-state index in [9.17, 15) is 9.59 Å². The van der Waals surface area contributed by atoms with Crippen molar-refractivity contribution >= 4 is 11.7 Å². The maximum absolute atomic E-state index is 11.9. The number of carbonyl (C=O) groups is 2. The monoisotopic (exact) mass is 269 g/mol. The molecule has 4 N–H and O–H groups in total. The van der Waals surface area contributed by atoms with E-state index in [0.29, 0.717) is 25.3 Å². The first-order valence-electron chi connectivity index (χ1n) is 7.40. The Morgan fingerprint density at radius 1 is 1.05 bits per heavy atom. The molecule has 0 spiro atoms. The molecule has 110 valence electrons. The lowest BCUT2D eigenvalue weighted by molar-refractivity contribution is -0.129. The fourth-order valence-electron chi connectivity index (χ4n) is 2.61. The highest BCUT2D eigenvalue weighted by molar-refractivity contribution is 5.82. The Bertz CT molecular complexity index is 286. The molecule has 0 saturated heterocycles. The standard InChI is InChI=1S/C14H27N3O2/c1-2-13(18)11-3-5-12(6-4-11)14(19)17-10-9-16-8-7-15/h11-12,16H,2-10,15H2,1H3,(H,17,19)/t11-,12-. The highest BCUT2D eigenvalue weighted by Gasteiger charge is 2.28. The molecule has 1 fully saturated rings. The van der Waals surface area contributed by atoms with Crippen molar-refractivity contribution in [3.05, 3.63) is 0 Å². The second kappa shape index (κ2) is 9.04. The highest BCUT2D eigenvalue weighted by atomic mass is 16.2. The Hall–Kier alpha value is -0.940. The predicted octanol–water partition coefficient (Wildman–Crippen LogP) is 0.436. The van der Waals surface area contributed by atoms with Crippen LogP contribution in [0.3, 0.4) is 0 Å². The van der Waals surface area contributed by atoms with Crippen molar-refractivity contribution in [1.82, 2.24) is 10.6 Å². The maximum Gasteiger partial charge on any atom is 0.223 e. The number of amides is 1. The number of nitrogens with one attached hydrogen (secondary N) is 2. The molecule has 0 radical (unpaired) electrons. The van der Waals surface area contributed by atoms with E-state index in [0.717, 1.165) is 38.8 Å². The van der Waals surface area contributed by atoms with Gasteiger partial charge in [-0.3, -0.25) is 9.59 Å². The minimum absolute atomic E-state index is 0.0930. The third kappa shape index (κ3) is 5.70. The van der Waals surface area contributed by atoms with Crippen molar-refractivity contribution in [2.24, 2.45) is 17.6 Å². The fraction of sp³-hybridized carbons (Fsp3) is 0.857. The van der Waals surface area contributed by atoms with Gasteiger partial charge in [-0.2, -0.15) is 0 Å².